The summed E-state index contributed by atoms with van der Waals surface area (Å²) in [6.07, 6.45) is 5.38. The molecule has 0 saturated carbocycles. The molecule has 1 aliphatic rings. The van der Waals surface area contributed by atoms with Crippen molar-refractivity contribution in [1.29, 1.82) is 0 Å². The number of piperidine rings is 1. The van der Waals surface area contributed by atoms with Gasteiger partial charge in [-0.25, -0.2) is 0 Å². The fourth-order valence-corrected chi connectivity index (χ4v) is 5.57. The van der Waals surface area contributed by atoms with Crippen molar-refractivity contribution in [1.82, 2.24) is 14.6 Å². The van der Waals surface area contributed by atoms with Gasteiger partial charge in [-0.2, -0.15) is 12.7 Å². The van der Waals surface area contributed by atoms with E-state index in [0.29, 0.717) is 25.3 Å². The number of pyridine rings is 1. The van der Waals surface area contributed by atoms with E-state index in [2.05, 4.69) is 42.7 Å². The van der Waals surface area contributed by atoms with Gasteiger partial charge >= 0.3 is 10.2 Å². The highest BCUT2D eigenvalue weighted by Crippen LogP contribution is 2.30. The predicted molar refractivity (Wildman–Crippen MR) is 129 cm³/mol. The van der Waals surface area contributed by atoms with Gasteiger partial charge in [-0.15, -0.1) is 0 Å². The molecule has 7 nitrogen and oxygen atoms in total. The Morgan fingerprint density at radius 2 is 1.94 bits per heavy atom. The number of β-amino-alcohol motifs (C(OH)–C–C–N with tert-alkyl or cyclic N) is 1. The Kier molecular flexibility index (Phi) is 7.60. The summed E-state index contributed by atoms with van der Waals surface area (Å²) in [6, 6.07) is 11.2. The molecule has 1 aliphatic heterocycles. The highest BCUT2D eigenvalue weighted by atomic mass is 32.2. The number of aromatic nitrogens is 1. The van der Waals surface area contributed by atoms with Crippen LogP contribution in [0.25, 0.3) is 0 Å². The van der Waals surface area contributed by atoms with E-state index in [9.17, 15) is 13.5 Å². The van der Waals surface area contributed by atoms with Crippen LogP contribution in [-0.4, -0.2) is 48.0 Å². The first-order valence-electron chi connectivity index (χ1n) is 11.2. The molecule has 1 atom stereocenters. The molecule has 0 aliphatic carbocycles. The molecular formula is C24H36N4O3S. The van der Waals surface area contributed by atoms with E-state index < -0.39 is 16.3 Å². The first-order valence-corrected chi connectivity index (χ1v) is 12.6. The Hall–Kier alpha value is -2.00. The molecule has 1 aromatic carbocycles. The fourth-order valence-electron chi connectivity index (χ4n) is 4.12. The van der Waals surface area contributed by atoms with Gasteiger partial charge in [0.2, 0.25) is 0 Å². The fraction of sp³-hybridized carbons (Fsp3) is 0.542. The molecular weight excluding hydrogens is 424 g/mol. The Morgan fingerprint density at radius 1 is 1.22 bits per heavy atom. The Morgan fingerprint density at radius 3 is 2.56 bits per heavy atom. The monoisotopic (exact) mass is 460 g/mol. The maximum atomic E-state index is 12.8. The number of hydrogen-bond acceptors (Lipinski definition) is 5. The summed E-state index contributed by atoms with van der Waals surface area (Å²) >= 11 is 0. The van der Waals surface area contributed by atoms with Gasteiger partial charge in [-0.1, -0.05) is 32.0 Å². The minimum absolute atomic E-state index is 0.0000400. The number of aliphatic hydroxyl groups excluding tert-OH is 1. The summed E-state index contributed by atoms with van der Waals surface area (Å²) in [5.74, 6) is 0. The largest absolute Gasteiger partial charge is 0.387 e. The van der Waals surface area contributed by atoms with Crippen LogP contribution in [0.3, 0.4) is 0 Å². The predicted octanol–water partition coefficient (Wildman–Crippen LogP) is 3.50. The number of rotatable bonds is 9. The summed E-state index contributed by atoms with van der Waals surface area (Å²) in [6.45, 7) is 9.88. The van der Waals surface area contributed by atoms with E-state index in [4.69, 9.17) is 0 Å². The molecule has 2 heterocycles. The molecule has 0 amide bonds. The maximum absolute atomic E-state index is 12.8. The highest BCUT2D eigenvalue weighted by molar-refractivity contribution is 7.90. The van der Waals surface area contributed by atoms with Crippen LogP contribution in [0.15, 0.2) is 48.8 Å². The van der Waals surface area contributed by atoms with Gasteiger partial charge < -0.3 is 10.4 Å². The third kappa shape index (κ3) is 7.00. The zero-order valence-electron chi connectivity index (χ0n) is 19.5. The van der Waals surface area contributed by atoms with Gasteiger partial charge in [0.1, 0.15) is 0 Å². The molecule has 32 heavy (non-hydrogen) atoms. The van der Waals surface area contributed by atoms with Crippen molar-refractivity contribution in [2.45, 2.75) is 58.6 Å². The van der Waals surface area contributed by atoms with E-state index in [-0.39, 0.29) is 11.0 Å². The number of nitrogens with one attached hydrogen (secondary N) is 2. The van der Waals surface area contributed by atoms with E-state index in [1.165, 1.54) is 0 Å². The lowest BCUT2D eigenvalue weighted by Crippen LogP contribution is -2.45. The van der Waals surface area contributed by atoms with Crippen molar-refractivity contribution in [3.63, 3.8) is 0 Å². The van der Waals surface area contributed by atoms with Crippen LogP contribution in [0.4, 0.5) is 5.69 Å². The normalized spacial score (nSPS) is 18.3. The van der Waals surface area contributed by atoms with E-state index in [1.807, 2.05) is 36.4 Å². The van der Waals surface area contributed by atoms with Crippen molar-refractivity contribution >= 4 is 15.9 Å². The van der Waals surface area contributed by atoms with Crippen LogP contribution in [0.2, 0.25) is 0 Å². The second kappa shape index (κ2) is 9.87. The van der Waals surface area contributed by atoms with E-state index >= 15 is 0 Å². The Labute approximate surface area is 192 Å². The van der Waals surface area contributed by atoms with Crippen LogP contribution >= 0.6 is 0 Å². The molecule has 8 heteroatoms. The first-order chi connectivity index (χ1) is 15.0. The van der Waals surface area contributed by atoms with Gasteiger partial charge in [0.25, 0.3) is 0 Å². The molecule has 176 valence electrons. The van der Waals surface area contributed by atoms with Gasteiger partial charge in [0, 0.05) is 48.8 Å². The third-order valence-corrected chi connectivity index (χ3v) is 7.38. The Balaban J connectivity index is 1.55. The number of aliphatic hydroxyl groups is 1. The lowest BCUT2D eigenvalue weighted by molar-refractivity contribution is 0.160. The highest BCUT2D eigenvalue weighted by Gasteiger charge is 2.33. The van der Waals surface area contributed by atoms with Crippen LogP contribution in [-0.2, 0) is 16.6 Å². The molecule has 0 radical (unpaired) electrons. The third-order valence-electron chi connectivity index (χ3n) is 5.90. The molecule has 1 saturated heterocycles. The van der Waals surface area contributed by atoms with Gasteiger partial charge in [0.15, 0.2) is 0 Å². The molecule has 2 aromatic rings. The van der Waals surface area contributed by atoms with Crippen molar-refractivity contribution < 1.29 is 13.5 Å². The average molecular weight is 461 g/mol. The van der Waals surface area contributed by atoms with Gasteiger partial charge in [-0.3, -0.25) is 9.71 Å². The number of anilines is 1. The molecule has 3 N–H and O–H groups in total. The summed E-state index contributed by atoms with van der Waals surface area (Å²) in [7, 11) is -3.56. The van der Waals surface area contributed by atoms with Gasteiger partial charge in [-0.05, 0) is 62.3 Å². The van der Waals surface area contributed by atoms with Crippen LogP contribution < -0.4 is 10.0 Å². The standard InChI is InChI=1S/C24H36N4O3S/c1-23(2)12-6-14-28(18-23)32(30,31)27-21-10-8-19(9-11-21)15-24(3,4)26-17-22(29)20-7-5-13-25-16-20/h5,7-11,13,16,22,26-27,29H,6,12,14-15,17-18H2,1-4H3/t22-/m1/s1. The quantitative estimate of drug-likeness (QED) is 0.532. The molecule has 0 spiro atoms. The summed E-state index contributed by atoms with van der Waals surface area (Å²) in [4.78, 5) is 4.05. The van der Waals surface area contributed by atoms with Crippen molar-refractivity contribution in [2.75, 3.05) is 24.4 Å². The molecule has 1 fully saturated rings. The molecule has 0 unspecified atom stereocenters. The second-order valence-electron chi connectivity index (χ2n) is 10.1. The van der Waals surface area contributed by atoms with E-state index in [1.54, 1.807) is 16.7 Å². The number of benzene rings is 1. The topological polar surface area (TPSA) is 94.6 Å². The lowest BCUT2D eigenvalue weighted by Gasteiger charge is -2.37. The van der Waals surface area contributed by atoms with Crippen LogP contribution in [0.5, 0.6) is 0 Å². The van der Waals surface area contributed by atoms with Crippen LogP contribution in [0.1, 0.15) is 57.8 Å². The minimum Gasteiger partial charge on any atom is -0.387 e. The summed E-state index contributed by atoms with van der Waals surface area (Å²) < 4.78 is 29.9. The van der Waals surface area contributed by atoms with E-state index in [0.717, 1.165) is 30.4 Å². The average Bonchev–Trinajstić information content (AvgIpc) is 2.73. The Bertz CT molecular complexity index is 976. The second-order valence-corrected chi connectivity index (χ2v) is 11.8. The SMILES string of the molecule is CC1(C)CCCN(S(=O)(=O)Nc2ccc(CC(C)(C)NC[C@@H](O)c3cccnc3)cc2)C1. The van der Waals surface area contributed by atoms with Crippen molar-refractivity contribution in [3.8, 4) is 0 Å². The van der Waals surface area contributed by atoms with Crippen molar-refractivity contribution in [2.24, 2.45) is 5.41 Å². The van der Waals surface area contributed by atoms with Crippen molar-refractivity contribution in [3.05, 3.63) is 59.9 Å². The summed E-state index contributed by atoms with van der Waals surface area (Å²) in [5, 5.41) is 13.8. The molecule has 3 rings (SSSR count). The lowest BCUT2D eigenvalue weighted by atomic mass is 9.85. The number of hydrogen-bond donors (Lipinski definition) is 3. The minimum atomic E-state index is -3.56. The van der Waals surface area contributed by atoms with Gasteiger partial charge in [0.05, 0.1) is 6.10 Å². The molecule has 0 bridgehead atoms. The number of nitrogens with zero attached hydrogens (tertiary/aromatic N) is 2. The molecule has 1 aromatic heterocycles. The van der Waals surface area contributed by atoms with Crippen LogP contribution in [0, 0.1) is 5.41 Å². The smallest absolute Gasteiger partial charge is 0.301 e. The zero-order chi connectivity index (χ0) is 23.4. The zero-order valence-corrected chi connectivity index (χ0v) is 20.3. The summed E-state index contributed by atoms with van der Waals surface area (Å²) in [5.41, 5.74) is 2.18. The maximum Gasteiger partial charge on any atom is 0.301 e. The first kappa shape index (κ1) is 24.6.